The summed E-state index contributed by atoms with van der Waals surface area (Å²) in [5, 5.41) is 3.73. The molecule has 0 amide bonds. The zero-order chi connectivity index (χ0) is 17.0. The molecular formula is C20H32FN3. The van der Waals surface area contributed by atoms with Crippen molar-refractivity contribution in [3.8, 4) is 0 Å². The van der Waals surface area contributed by atoms with E-state index in [1.165, 1.54) is 38.2 Å². The predicted octanol–water partition coefficient (Wildman–Crippen LogP) is 3.14. The van der Waals surface area contributed by atoms with Crippen LogP contribution in [0.5, 0.6) is 0 Å². The lowest BCUT2D eigenvalue weighted by atomic mass is 9.81. The summed E-state index contributed by atoms with van der Waals surface area (Å²) in [6.07, 6.45) is 6.67. The Balaban J connectivity index is 1.36. The van der Waals surface area contributed by atoms with E-state index >= 15 is 0 Å². The molecular weight excluding hydrogens is 301 g/mol. The van der Waals surface area contributed by atoms with Crippen LogP contribution in [0.3, 0.4) is 0 Å². The maximum absolute atomic E-state index is 13.3. The number of nitrogens with zero attached hydrogens (tertiary/aromatic N) is 1. The van der Waals surface area contributed by atoms with Crippen molar-refractivity contribution in [1.29, 1.82) is 0 Å². The van der Waals surface area contributed by atoms with Crippen molar-refractivity contribution in [1.82, 2.24) is 10.2 Å². The van der Waals surface area contributed by atoms with Crippen molar-refractivity contribution in [2.24, 2.45) is 17.1 Å². The Kier molecular flexibility index (Phi) is 5.90. The van der Waals surface area contributed by atoms with Crippen LogP contribution in [0.2, 0.25) is 0 Å². The van der Waals surface area contributed by atoms with E-state index < -0.39 is 0 Å². The predicted molar refractivity (Wildman–Crippen MR) is 97.2 cm³/mol. The molecule has 3 N–H and O–H groups in total. The Bertz CT molecular complexity index is 525. The first-order chi connectivity index (χ1) is 11.6. The van der Waals surface area contributed by atoms with Gasteiger partial charge in [0.05, 0.1) is 0 Å². The summed E-state index contributed by atoms with van der Waals surface area (Å²) in [5.41, 5.74) is 7.51. The van der Waals surface area contributed by atoms with Crippen molar-refractivity contribution in [2.45, 2.75) is 51.6 Å². The number of nitrogens with two attached hydrogens (primary N) is 1. The molecule has 0 radical (unpaired) electrons. The van der Waals surface area contributed by atoms with E-state index in [1.54, 1.807) is 12.1 Å². The highest BCUT2D eigenvalue weighted by Crippen LogP contribution is 2.60. The lowest BCUT2D eigenvalue weighted by Gasteiger charge is -2.31. The van der Waals surface area contributed by atoms with E-state index in [9.17, 15) is 4.39 Å². The van der Waals surface area contributed by atoms with Gasteiger partial charge >= 0.3 is 0 Å². The van der Waals surface area contributed by atoms with Crippen LogP contribution in [0.1, 0.15) is 44.6 Å². The lowest BCUT2D eigenvalue weighted by Crippen LogP contribution is -2.39. The van der Waals surface area contributed by atoms with Crippen LogP contribution in [-0.2, 0) is 6.54 Å². The number of rotatable bonds is 8. The molecule has 1 atom stereocenters. The summed E-state index contributed by atoms with van der Waals surface area (Å²) < 4.78 is 13.3. The van der Waals surface area contributed by atoms with Gasteiger partial charge in [0.2, 0.25) is 0 Å². The number of benzene rings is 1. The van der Waals surface area contributed by atoms with E-state index in [-0.39, 0.29) is 5.82 Å². The molecule has 2 fully saturated rings. The van der Waals surface area contributed by atoms with E-state index in [0.717, 1.165) is 44.2 Å². The molecule has 1 spiro atoms. The Hall–Kier alpha value is -0.970. The minimum absolute atomic E-state index is 0.145. The summed E-state index contributed by atoms with van der Waals surface area (Å²) in [7, 11) is 0. The van der Waals surface area contributed by atoms with Crippen molar-refractivity contribution in [2.75, 3.05) is 26.2 Å². The van der Waals surface area contributed by atoms with Gasteiger partial charge in [-0.15, -0.1) is 0 Å². The van der Waals surface area contributed by atoms with Crippen LogP contribution in [0, 0.1) is 17.2 Å². The van der Waals surface area contributed by atoms with Crippen molar-refractivity contribution in [3.63, 3.8) is 0 Å². The maximum Gasteiger partial charge on any atom is 0.123 e. The van der Waals surface area contributed by atoms with Gasteiger partial charge in [0.25, 0.3) is 0 Å². The van der Waals surface area contributed by atoms with Crippen molar-refractivity contribution < 1.29 is 4.39 Å². The third-order valence-electron chi connectivity index (χ3n) is 6.23. The highest BCUT2D eigenvalue weighted by Gasteiger charge is 2.53. The Labute approximate surface area is 145 Å². The second-order valence-corrected chi connectivity index (χ2v) is 7.73. The molecule has 2 saturated carbocycles. The van der Waals surface area contributed by atoms with Gasteiger partial charge in [0, 0.05) is 25.7 Å². The molecule has 0 bridgehead atoms. The first-order valence-electron chi connectivity index (χ1n) is 9.55. The van der Waals surface area contributed by atoms with Gasteiger partial charge in [0.1, 0.15) is 5.82 Å². The quantitative estimate of drug-likeness (QED) is 0.768. The fraction of sp³-hybridized carbons (Fsp3) is 0.700. The van der Waals surface area contributed by atoms with Crippen molar-refractivity contribution in [3.05, 3.63) is 35.6 Å². The van der Waals surface area contributed by atoms with Crippen LogP contribution in [-0.4, -0.2) is 37.1 Å². The zero-order valence-corrected chi connectivity index (χ0v) is 14.9. The smallest absolute Gasteiger partial charge is 0.123 e. The standard InChI is InChI=1S/C20H32FN3/c1-2-24(15-16-4-3-5-18(21)12-16)11-10-23-19-6-8-20(9-7-19)13-17(20)14-22/h3-5,12,17,19,23H,2,6-11,13-15,22H2,1H3. The first kappa shape index (κ1) is 17.8. The van der Waals surface area contributed by atoms with E-state index in [2.05, 4.69) is 17.1 Å². The van der Waals surface area contributed by atoms with Gasteiger partial charge in [-0.2, -0.15) is 0 Å². The SMILES string of the molecule is CCN(CCNC1CCC2(CC1)CC2CN)Cc1cccc(F)c1. The molecule has 134 valence electrons. The van der Waals surface area contributed by atoms with Gasteiger partial charge in [-0.1, -0.05) is 19.1 Å². The summed E-state index contributed by atoms with van der Waals surface area (Å²) in [6, 6.07) is 7.61. The molecule has 1 unspecified atom stereocenters. The molecule has 1 aromatic carbocycles. The highest BCUT2D eigenvalue weighted by molar-refractivity contribution is 5.16. The van der Waals surface area contributed by atoms with Crippen LogP contribution >= 0.6 is 0 Å². The summed E-state index contributed by atoms with van der Waals surface area (Å²) in [4.78, 5) is 2.37. The van der Waals surface area contributed by atoms with Gasteiger partial charge < -0.3 is 11.1 Å². The van der Waals surface area contributed by atoms with Crippen LogP contribution in [0.25, 0.3) is 0 Å². The molecule has 4 heteroatoms. The molecule has 3 nitrogen and oxygen atoms in total. The second kappa shape index (κ2) is 7.94. The summed E-state index contributed by atoms with van der Waals surface area (Å²) in [6.45, 7) is 6.89. The van der Waals surface area contributed by atoms with E-state index in [4.69, 9.17) is 5.73 Å². The van der Waals surface area contributed by atoms with Gasteiger partial charge in [-0.05, 0) is 74.2 Å². The lowest BCUT2D eigenvalue weighted by molar-refractivity contribution is 0.236. The first-order valence-corrected chi connectivity index (χ1v) is 9.55. The molecule has 3 rings (SSSR count). The molecule has 2 aliphatic carbocycles. The molecule has 2 aliphatic rings. The summed E-state index contributed by atoms with van der Waals surface area (Å²) >= 11 is 0. The zero-order valence-electron chi connectivity index (χ0n) is 14.9. The second-order valence-electron chi connectivity index (χ2n) is 7.73. The Morgan fingerprint density at radius 1 is 1.33 bits per heavy atom. The minimum Gasteiger partial charge on any atom is -0.330 e. The fourth-order valence-electron chi connectivity index (χ4n) is 4.44. The summed E-state index contributed by atoms with van der Waals surface area (Å²) in [5.74, 6) is 0.661. The molecule has 24 heavy (non-hydrogen) atoms. The minimum atomic E-state index is -0.145. The van der Waals surface area contributed by atoms with E-state index in [0.29, 0.717) is 11.5 Å². The van der Waals surface area contributed by atoms with E-state index in [1.807, 2.05) is 6.07 Å². The third kappa shape index (κ3) is 4.35. The van der Waals surface area contributed by atoms with Gasteiger partial charge in [-0.3, -0.25) is 4.90 Å². The van der Waals surface area contributed by atoms with Crippen LogP contribution < -0.4 is 11.1 Å². The highest BCUT2D eigenvalue weighted by atomic mass is 19.1. The van der Waals surface area contributed by atoms with Crippen LogP contribution in [0.4, 0.5) is 4.39 Å². The fourth-order valence-corrected chi connectivity index (χ4v) is 4.44. The van der Waals surface area contributed by atoms with Gasteiger partial charge in [-0.25, -0.2) is 4.39 Å². The third-order valence-corrected chi connectivity index (χ3v) is 6.23. The number of halogens is 1. The Morgan fingerprint density at radius 3 is 2.75 bits per heavy atom. The number of likely N-dealkylation sites (N-methyl/N-ethyl adjacent to an activating group) is 1. The van der Waals surface area contributed by atoms with Crippen LogP contribution in [0.15, 0.2) is 24.3 Å². The molecule has 0 aromatic heterocycles. The topological polar surface area (TPSA) is 41.3 Å². The molecule has 0 heterocycles. The number of hydrogen-bond donors (Lipinski definition) is 2. The Morgan fingerprint density at radius 2 is 2.12 bits per heavy atom. The number of nitrogens with one attached hydrogen (secondary N) is 1. The monoisotopic (exact) mass is 333 g/mol. The molecule has 1 aromatic rings. The number of hydrogen-bond acceptors (Lipinski definition) is 3. The average Bonchev–Trinajstić information content (AvgIpc) is 3.28. The van der Waals surface area contributed by atoms with Crippen molar-refractivity contribution >= 4 is 0 Å². The molecule has 0 aliphatic heterocycles. The van der Waals surface area contributed by atoms with Gasteiger partial charge in [0.15, 0.2) is 0 Å². The normalized spacial score (nSPS) is 29.3. The average molecular weight is 333 g/mol. The largest absolute Gasteiger partial charge is 0.330 e. The maximum atomic E-state index is 13.3. The molecule has 0 saturated heterocycles.